The fourth-order valence-electron chi connectivity index (χ4n) is 2.57. The number of piperidine rings is 3. The Kier molecular flexibility index (Phi) is 2.44. The van der Waals surface area contributed by atoms with Crippen LogP contribution in [0.15, 0.2) is 28.4 Å². The van der Waals surface area contributed by atoms with E-state index >= 15 is 0 Å². The van der Waals surface area contributed by atoms with E-state index in [-0.39, 0.29) is 0 Å². The van der Waals surface area contributed by atoms with E-state index in [0.717, 1.165) is 37.3 Å². The second-order valence-corrected chi connectivity index (χ2v) is 5.27. The van der Waals surface area contributed by atoms with Crippen LogP contribution in [0.2, 0.25) is 0 Å². The van der Waals surface area contributed by atoms with E-state index in [2.05, 4.69) is 27.6 Å². The quantitative estimate of drug-likeness (QED) is 0.599. The van der Waals surface area contributed by atoms with Crippen LogP contribution in [0.4, 0.5) is 0 Å². The molecule has 3 aliphatic rings. The first-order valence-corrected chi connectivity index (χ1v) is 6.49. The van der Waals surface area contributed by atoms with E-state index in [1.165, 1.54) is 4.88 Å². The van der Waals surface area contributed by atoms with E-state index < -0.39 is 0 Å². The van der Waals surface area contributed by atoms with Gasteiger partial charge in [0, 0.05) is 23.9 Å². The van der Waals surface area contributed by atoms with E-state index in [1.807, 2.05) is 6.07 Å². The number of allylic oxidation sites excluding steroid dienone is 1. The van der Waals surface area contributed by atoms with Crippen molar-refractivity contribution in [3.63, 3.8) is 0 Å². The van der Waals surface area contributed by atoms with Gasteiger partial charge in [-0.1, -0.05) is 11.2 Å². The molecule has 1 N–H and O–H groups in total. The Hall–Kier alpha value is -1.29. The lowest BCUT2D eigenvalue weighted by Crippen LogP contribution is -2.46. The maximum absolute atomic E-state index is 9.14. The van der Waals surface area contributed by atoms with E-state index in [4.69, 9.17) is 5.21 Å². The largest absolute Gasteiger partial charge is 0.411 e. The molecule has 3 fully saturated rings. The van der Waals surface area contributed by atoms with Gasteiger partial charge >= 0.3 is 0 Å². The second kappa shape index (κ2) is 3.94. The van der Waals surface area contributed by atoms with Gasteiger partial charge in [0.1, 0.15) is 5.71 Å². The number of oxime groups is 1. The molecule has 0 atom stereocenters. The molecule has 0 amide bonds. The standard InChI is InChI=1S/C12H14N2OS/c15-13-12-9-3-5-14(6-4-9)11(12)8-10-2-1-7-16-10/h1-2,7-9,15H,3-6H2/b11-8-,13-12+. The summed E-state index contributed by atoms with van der Waals surface area (Å²) >= 11 is 1.72. The zero-order valence-corrected chi connectivity index (χ0v) is 9.78. The van der Waals surface area contributed by atoms with Crippen LogP contribution in [0, 0.1) is 5.92 Å². The van der Waals surface area contributed by atoms with Crippen molar-refractivity contribution in [3.8, 4) is 0 Å². The SMILES string of the molecule is O/N=C1/C(=C/c2cccs2)N2CCC1CC2. The van der Waals surface area contributed by atoms with Crippen molar-refractivity contribution in [3.05, 3.63) is 28.1 Å². The summed E-state index contributed by atoms with van der Waals surface area (Å²) in [6.45, 7) is 2.20. The molecule has 0 aromatic carbocycles. The highest BCUT2D eigenvalue weighted by Gasteiger charge is 2.35. The molecular formula is C12H14N2OS. The predicted molar refractivity (Wildman–Crippen MR) is 65.8 cm³/mol. The van der Waals surface area contributed by atoms with Gasteiger partial charge in [-0.15, -0.1) is 11.3 Å². The third-order valence-electron chi connectivity index (χ3n) is 3.41. The average molecular weight is 234 g/mol. The van der Waals surface area contributed by atoms with Crippen molar-refractivity contribution in [2.75, 3.05) is 13.1 Å². The molecule has 84 valence electrons. The van der Waals surface area contributed by atoms with Gasteiger partial charge in [0.05, 0.1) is 5.70 Å². The lowest BCUT2D eigenvalue weighted by Gasteiger charge is -2.42. The van der Waals surface area contributed by atoms with Gasteiger partial charge in [-0.05, 0) is 30.4 Å². The zero-order chi connectivity index (χ0) is 11.0. The third-order valence-corrected chi connectivity index (χ3v) is 4.23. The molecular weight excluding hydrogens is 220 g/mol. The van der Waals surface area contributed by atoms with Crippen molar-refractivity contribution < 1.29 is 5.21 Å². The summed E-state index contributed by atoms with van der Waals surface area (Å²) in [7, 11) is 0. The summed E-state index contributed by atoms with van der Waals surface area (Å²) in [6.07, 6.45) is 4.40. The van der Waals surface area contributed by atoms with Crippen LogP contribution < -0.4 is 0 Å². The molecule has 3 saturated heterocycles. The minimum absolute atomic E-state index is 0.459. The van der Waals surface area contributed by atoms with E-state index in [1.54, 1.807) is 11.3 Å². The Bertz CT molecular complexity index is 428. The third kappa shape index (κ3) is 1.53. The van der Waals surface area contributed by atoms with Gasteiger partial charge in [-0.3, -0.25) is 0 Å². The Morgan fingerprint density at radius 3 is 2.88 bits per heavy atom. The van der Waals surface area contributed by atoms with Crippen LogP contribution in [0.3, 0.4) is 0 Å². The maximum Gasteiger partial charge on any atom is 0.106 e. The minimum atomic E-state index is 0.459. The van der Waals surface area contributed by atoms with Gasteiger partial charge in [0.25, 0.3) is 0 Å². The summed E-state index contributed by atoms with van der Waals surface area (Å²) in [5.74, 6) is 0.459. The molecule has 3 nitrogen and oxygen atoms in total. The van der Waals surface area contributed by atoms with Gasteiger partial charge in [0.15, 0.2) is 0 Å². The minimum Gasteiger partial charge on any atom is -0.411 e. The number of rotatable bonds is 1. The van der Waals surface area contributed by atoms with Crippen LogP contribution >= 0.6 is 11.3 Å². The summed E-state index contributed by atoms with van der Waals surface area (Å²) in [4.78, 5) is 3.55. The monoisotopic (exact) mass is 234 g/mol. The highest BCUT2D eigenvalue weighted by molar-refractivity contribution is 7.10. The highest BCUT2D eigenvalue weighted by Crippen LogP contribution is 2.33. The number of nitrogens with zero attached hydrogens (tertiary/aromatic N) is 2. The molecule has 1 aromatic rings. The molecule has 3 aliphatic heterocycles. The van der Waals surface area contributed by atoms with E-state index in [0.29, 0.717) is 5.92 Å². The first-order chi connectivity index (χ1) is 7.88. The number of hydrogen-bond acceptors (Lipinski definition) is 4. The van der Waals surface area contributed by atoms with Crippen molar-refractivity contribution in [2.24, 2.45) is 11.1 Å². The Morgan fingerprint density at radius 1 is 1.44 bits per heavy atom. The summed E-state index contributed by atoms with van der Waals surface area (Å²) in [5, 5.41) is 14.7. The summed E-state index contributed by atoms with van der Waals surface area (Å²) in [6, 6.07) is 4.14. The van der Waals surface area contributed by atoms with Crippen LogP contribution in [-0.4, -0.2) is 28.9 Å². The first kappa shape index (κ1) is 9.90. The molecule has 2 bridgehead atoms. The van der Waals surface area contributed by atoms with Gasteiger partial charge in [-0.2, -0.15) is 0 Å². The number of fused-ring (bicyclic) bond motifs is 3. The van der Waals surface area contributed by atoms with Crippen molar-refractivity contribution >= 4 is 23.1 Å². The summed E-state index contributed by atoms with van der Waals surface area (Å²) in [5.41, 5.74) is 2.00. The van der Waals surface area contributed by atoms with Crippen LogP contribution in [0.5, 0.6) is 0 Å². The lowest BCUT2D eigenvalue weighted by molar-refractivity contribution is 0.229. The number of hydrogen-bond donors (Lipinski definition) is 1. The topological polar surface area (TPSA) is 35.8 Å². The van der Waals surface area contributed by atoms with Gasteiger partial charge < -0.3 is 10.1 Å². The van der Waals surface area contributed by atoms with Crippen molar-refractivity contribution in [1.29, 1.82) is 0 Å². The van der Waals surface area contributed by atoms with Crippen LogP contribution in [-0.2, 0) is 0 Å². The normalized spacial score (nSPS) is 25.9. The Morgan fingerprint density at radius 2 is 2.25 bits per heavy atom. The molecule has 4 heteroatoms. The Labute approximate surface area is 98.7 Å². The zero-order valence-electron chi connectivity index (χ0n) is 8.97. The lowest BCUT2D eigenvalue weighted by atomic mass is 9.84. The Balaban J connectivity index is 1.99. The molecule has 0 spiro atoms. The van der Waals surface area contributed by atoms with Crippen molar-refractivity contribution in [2.45, 2.75) is 12.8 Å². The average Bonchev–Trinajstić information content (AvgIpc) is 2.83. The first-order valence-electron chi connectivity index (χ1n) is 5.61. The molecule has 0 aliphatic carbocycles. The van der Waals surface area contributed by atoms with E-state index in [9.17, 15) is 0 Å². The van der Waals surface area contributed by atoms with Gasteiger partial charge in [0.2, 0.25) is 0 Å². The predicted octanol–water partition coefficient (Wildman–Crippen LogP) is 2.64. The smallest absolute Gasteiger partial charge is 0.106 e. The fraction of sp³-hybridized carbons (Fsp3) is 0.417. The molecule has 0 radical (unpaired) electrons. The maximum atomic E-state index is 9.14. The highest BCUT2D eigenvalue weighted by atomic mass is 32.1. The summed E-state index contributed by atoms with van der Waals surface area (Å²) < 4.78 is 0. The molecule has 1 aromatic heterocycles. The fourth-order valence-corrected chi connectivity index (χ4v) is 3.22. The molecule has 16 heavy (non-hydrogen) atoms. The van der Waals surface area contributed by atoms with Crippen LogP contribution in [0.25, 0.3) is 6.08 Å². The molecule has 4 heterocycles. The molecule has 0 saturated carbocycles. The van der Waals surface area contributed by atoms with Crippen LogP contribution in [0.1, 0.15) is 17.7 Å². The molecule has 0 unspecified atom stereocenters. The number of thiophene rings is 1. The van der Waals surface area contributed by atoms with Crippen molar-refractivity contribution in [1.82, 2.24) is 4.90 Å². The second-order valence-electron chi connectivity index (χ2n) is 4.29. The van der Waals surface area contributed by atoms with Gasteiger partial charge in [-0.25, -0.2) is 0 Å². The molecule has 4 rings (SSSR count).